The van der Waals surface area contributed by atoms with Crippen molar-refractivity contribution in [3.63, 3.8) is 0 Å². The molecule has 1 aliphatic rings. The summed E-state index contributed by atoms with van der Waals surface area (Å²) in [6, 6.07) is 6.64. The van der Waals surface area contributed by atoms with E-state index < -0.39 is 0 Å². The van der Waals surface area contributed by atoms with Gasteiger partial charge in [0.15, 0.2) is 0 Å². The van der Waals surface area contributed by atoms with Crippen molar-refractivity contribution in [1.82, 2.24) is 5.32 Å². The molecule has 2 unspecified atom stereocenters. The maximum atomic E-state index is 12.0. The van der Waals surface area contributed by atoms with Crippen LogP contribution in [0.15, 0.2) is 29.4 Å². The average Bonchev–Trinajstić information content (AvgIpc) is 2.88. The maximum absolute atomic E-state index is 12.0. The van der Waals surface area contributed by atoms with Gasteiger partial charge in [0.2, 0.25) is 5.91 Å². The van der Waals surface area contributed by atoms with E-state index in [9.17, 15) is 9.90 Å². The number of amidine groups is 1. The first kappa shape index (κ1) is 14.2. The predicted molar refractivity (Wildman–Crippen MR) is 74.5 cm³/mol. The third-order valence-electron chi connectivity index (χ3n) is 3.70. The number of benzene rings is 1. The second-order valence-electron chi connectivity index (χ2n) is 5.04. The van der Waals surface area contributed by atoms with Crippen molar-refractivity contribution < 1.29 is 15.1 Å². The zero-order chi connectivity index (χ0) is 14.5. The second-order valence-corrected chi connectivity index (χ2v) is 5.04. The van der Waals surface area contributed by atoms with Gasteiger partial charge in [-0.1, -0.05) is 29.8 Å². The Balaban J connectivity index is 1.96. The van der Waals surface area contributed by atoms with E-state index in [1.54, 1.807) is 24.3 Å². The lowest BCUT2D eigenvalue weighted by molar-refractivity contribution is -0.121. The summed E-state index contributed by atoms with van der Waals surface area (Å²) in [5, 5.41) is 24.3. The van der Waals surface area contributed by atoms with Crippen LogP contribution in [-0.4, -0.2) is 28.1 Å². The van der Waals surface area contributed by atoms with Crippen LogP contribution in [0.25, 0.3) is 0 Å². The number of nitrogens with zero attached hydrogens (tertiary/aromatic N) is 1. The molecular formula is C14H19N3O3. The quantitative estimate of drug-likeness (QED) is 0.284. The van der Waals surface area contributed by atoms with Crippen molar-refractivity contribution in [2.45, 2.75) is 31.7 Å². The lowest BCUT2D eigenvalue weighted by Gasteiger charge is -2.19. The first-order valence-corrected chi connectivity index (χ1v) is 6.65. The Hall–Kier alpha value is -2.24. The summed E-state index contributed by atoms with van der Waals surface area (Å²) in [6.45, 7) is 0. The van der Waals surface area contributed by atoms with Crippen molar-refractivity contribution in [2.24, 2.45) is 16.8 Å². The molecule has 0 spiro atoms. The number of aromatic hydroxyl groups is 1. The normalized spacial score (nSPS) is 22.7. The number of nitrogens with one attached hydrogen (secondary N) is 1. The summed E-state index contributed by atoms with van der Waals surface area (Å²) >= 11 is 0. The smallest absolute Gasteiger partial charge is 0.224 e. The first-order chi connectivity index (χ1) is 9.61. The van der Waals surface area contributed by atoms with Gasteiger partial charge in [0.05, 0.1) is 6.42 Å². The Morgan fingerprint density at radius 3 is 2.85 bits per heavy atom. The minimum absolute atomic E-state index is 0.107. The predicted octanol–water partition coefficient (Wildman–Crippen LogP) is 0.966. The molecule has 5 N–H and O–H groups in total. The zero-order valence-electron chi connectivity index (χ0n) is 11.1. The van der Waals surface area contributed by atoms with Crippen LogP contribution in [0.3, 0.4) is 0 Å². The number of phenols is 1. The molecule has 1 aromatic rings. The molecular weight excluding hydrogens is 258 g/mol. The lowest BCUT2D eigenvalue weighted by Crippen LogP contribution is -2.43. The number of phenolic OH excluding ortho intramolecular Hbond substituents is 1. The zero-order valence-corrected chi connectivity index (χ0v) is 11.1. The fourth-order valence-electron chi connectivity index (χ4n) is 2.65. The van der Waals surface area contributed by atoms with Gasteiger partial charge in [-0.05, 0) is 18.9 Å². The van der Waals surface area contributed by atoms with Gasteiger partial charge in [0.25, 0.3) is 0 Å². The summed E-state index contributed by atoms with van der Waals surface area (Å²) in [7, 11) is 0. The van der Waals surface area contributed by atoms with E-state index in [1.165, 1.54) is 0 Å². The molecule has 1 amide bonds. The molecule has 1 fully saturated rings. The van der Waals surface area contributed by atoms with Crippen molar-refractivity contribution >= 4 is 11.7 Å². The van der Waals surface area contributed by atoms with Crippen LogP contribution in [-0.2, 0) is 11.2 Å². The fourth-order valence-corrected chi connectivity index (χ4v) is 2.65. The second kappa shape index (κ2) is 6.27. The van der Waals surface area contributed by atoms with Crippen LogP contribution in [0.2, 0.25) is 0 Å². The average molecular weight is 277 g/mol. The monoisotopic (exact) mass is 277 g/mol. The van der Waals surface area contributed by atoms with Gasteiger partial charge in [-0.3, -0.25) is 4.79 Å². The van der Waals surface area contributed by atoms with Gasteiger partial charge in [-0.25, -0.2) is 0 Å². The molecule has 0 heterocycles. The third-order valence-corrected chi connectivity index (χ3v) is 3.70. The molecule has 1 aromatic carbocycles. The Labute approximate surface area is 117 Å². The standard InChI is InChI=1S/C14H19N3O3/c15-14(17-20)10-5-3-6-11(10)16-13(19)8-9-4-1-2-7-12(9)18/h1-2,4,7,10-11,18,20H,3,5-6,8H2,(H2,15,17)(H,16,19). The third kappa shape index (κ3) is 3.20. The maximum Gasteiger partial charge on any atom is 0.224 e. The van der Waals surface area contributed by atoms with E-state index in [1.807, 2.05) is 0 Å². The first-order valence-electron chi connectivity index (χ1n) is 6.65. The number of hydrogen-bond donors (Lipinski definition) is 4. The molecule has 1 saturated carbocycles. The highest BCUT2D eigenvalue weighted by atomic mass is 16.4. The number of oxime groups is 1. The topological polar surface area (TPSA) is 108 Å². The Bertz CT molecular complexity index is 516. The molecule has 2 atom stereocenters. The highest BCUT2D eigenvalue weighted by Crippen LogP contribution is 2.26. The van der Waals surface area contributed by atoms with Crippen LogP contribution in [0, 0.1) is 5.92 Å². The lowest BCUT2D eigenvalue weighted by atomic mass is 10.0. The van der Waals surface area contributed by atoms with E-state index in [4.69, 9.17) is 10.9 Å². The summed E-state index contributed by atoms with van der Waals surface area (Å²) in [5.74, 6) is -0.0140. The number of amides is 1. The van der Waals surface area contributed by atoms with Gasteiger partial charge in [-0.15, -0.1) is 0 Å². The van der Waals surface area contributed by atoms with Crippen LogP contribution >= 0.6 is 0 Å². The fraction of sp³-hybridized carbons (Fsp3) is 0.429. The number of para-hydroxylation sites is 1. The number of nitrogens with two attached hydrogens (primary N) is 1. The van der Waals surface area contributed by atoms with Gasteiger partial charge < -0.3 is 21.4 Å². The van der Waals surface area contributed by atoms with Crippen molar-refractivity contribution in [2.75, 3.05) is 0 Å². The molecule has 0 saturated heterocycles. The SMILES string of the molecule is N/C(=N/O)C1CCCC1NC(=O)Cc1ccccc1O. The van der Waals surface area contributed by atoms with E-state index in [2.05, 4.69) is 10.5 Å². The highest BCUT2D eigenvalue weighted by molar-refractivity contribution is 5.85. The molecule has 0 aliphatic heterocycles. The summed E-state index contributed by atoms with van der Waals surface area (Å²) in [6.07, 6.45) is 2.67. The molecule has 2 rings (SSSR count). The van der Waals surface area contributed by atoms with Gasteiger partial charge in [0, 0.05) is 17.5 Å². The summed E-state index contributed by atoms with van der Waals surface area (Å²) in [5.41, 5.74) is 6.22. The van der Waals surface area contributed by atoms with Gasteiger partial charge in [0.1, 0.15) is 11.6 Å². The van der Waals surface area contributed by atoms with Crippen LogP contribution in [0.4, 0.5) is 0 Å². The molecule has 0 radical (unpaired) electrons. The minimum atomic E-state index is -0.172. The van der Waals surface area contributed by atoms with E-state index in [0.717, 1.165) is 19.3 Å². The Morgan fingerprint density at radius 1 is 1.40 bits per heavy atom. The van der Waals surface area contributed by atoms with E-state index in [-0.39, 0.29) is 35.9 Å². The van der Waals surface area contributed by atoms with Crippen molar-refractivity contribution in [3.05, 3.63) is 29.8 Å². The minimum Gasteiger partial charge on any atom is -0.508 e. The van der Waals surface area contributed by atoms with Gasteiger partial charge in [-0.2, -0.15) is 0 Å². The van der Waals surface area contributed by atoms with E-state index >= 15 is 0 Å². The number of carbonyl (C=O) groups excluding carboxylic acids is 1. The summed E-state index contributed by atoms with van der Waals surface area (Å²) < 4.78 is 0. The van der Waals surface area contributed by atoms with E-state index in [0.29, 0.717) is 5.56 Å². The number of hydrogen-bond acceptors (Lipinski definition) is 4. The molecule has 108 valence electrons. The number of rotatable bonds is 4. The molecule has 0 aromatic heterocycles. The largest absolute Gasteiger partial charge is 0.508 e. The highest BCUT2D eigenvalue weighted by Gasteiger charge is 2.31. The Morgan fingerprint density at radius 2 is 2.15 bits per heavy atom. The van der Waals surface area contributed by atoms with Crippen molar-refractivity contribution in [1.29, 1.82) is 0 Å². The van der Waals surface area contributed by atoms with Crippen LogP contribution in [0.1, 0.15) is 24.8 Å². The Kier molecular flexibility index (Phi) is 4.45. The number of carbonyl (C=O) groups is 1. The molecule has 6 nitrogen and oxygen atoms in total. The molecule has 6 heteroatoms. The van der Waals surface area contributed by atoms with Crippen LogP contribution in [0.5, 0.6) is 5.75 Å². The molecule has 20 heavy (non-hydrogen) atoms. The van der Waals surface area contributed by atoms with Gasteiger partial charge >= 0.3 is 0 Å². The van der Waals surface area contributed by atoms with Crippen molar-refractivity contribution in [3.8, 4) is 5.75 Å². The van der Waals surface area contributed by atoms with Crippen LogP contribution < -0.4 is 11.1 Å². The molecule has 0 bridgehead atoms. The summed E-state index contributed by atoms with van der Waals surface area (Å²) in [4.78, 5) is 12.0. The molecule has 1 aliphatic carbocycles.